The highest BCUT2D eigenvalue weighted by Gasteiger charge is 2.19. The van der Waals surface area contributed by atoms with E-state index in [4.69, 9.17) is 17.3 Å². The van der Waals surface area contributed by atoms with Crippen LogP contribution in [0.2, 0.25) is 5.02 Å². The molecule has 0 atom stereocenters. The Hall–Kier alpha value is -2.07. The molecule has 0 radical (unpaired) electrons. The van der Waals surface area contributed by atoms with Crippen LogP contribution in [0.5, 0.6) is 0 Å². The molecule has 0 fully saturated rings. The van der Waals surface area contributed by atoms with Gasteiger partial charge in [0.2, 0.25) is 0 Å². The first-order valence-electron chi connectivity index (χ1n) is 6.16. The van der Waals surface area contributed by atoms with E-state index in [0.29, 0.717) is 22.8 Å². The zero-order valence-corrected chi connectivity index (χ0v) is 11.7. The highest BCUT2D eigenvalue weighted by molar-refractivity contribution is 6.33. The maximum Gasteiger partial charge on any atom is 0.258 e. The first-order chi connectivity index (χ1) is 9.54. The summed E-state index contributed by atoms with van der Waals surface area (Å²) in [6.45, 7) is 2.13. The molecule has 0 saturated heterocycles. The Kier molecular flexibility index (Phi) is 4.25. The van der Waals surface area contributed by atoms with E-state index in [1.165, 1.54) is 17.0 Å². The zero-order valence-electron chi connectivity index (χ0n) is 10.9. The van der Waals surface area contributed by atoms with Gasteiger partial charge in [0.05, 0.1) is 16.4 Å². The third-order valence-corrected chi connectivity index (χ3v) is 3.28. The Bertz CT molecular complexity index is 646. The molecule has 104 valence electrons. The summed E-state index contributed by atoms with van der Waals surface area (Å²) in [5.74, 6) is -0.760. The van der Waals surface area contributed by atoms with Crippen molar-refractivity contribution in [3.05, 3.63) is 58.9 Å². The average Bonchev–Trinajstić information content (AvgIpc) is 2.44. The van der Waals surface area contributed by atoms with E-state index in [1.54, 1.807) is 37.3 Å². The van der Waals surface area contributed by atoms with Crippen molar-refractivity contribution in [3.8, 4) is 0 Å². The van der Waals surface area contributed by atoms with Gasteiger partial charge < -0.3 is 10.6 Å². The molecule has 5 heteroatoms. The number of halogens is 2. The summed E-state index contributed by atoms with van der Waals surface area (Å²) in [5, 5.41) is 0.306. The van der Waals surface area contributed by atoms with E-state index in [1.807, 2.05) is 0 Å². The number of nitrogens with zero attached hydrogens (tertiary/aromatic N) is 1. The van der Waals surface area contributed by atoms with Gasteiger partial charge in [0.15, 0.2) is 0 Å². The van der Waals surface area contributed by atoms with E-state index >= 15 is 0 Å². The van der Waals surface area contributed by atoms with Gasteiger partial charge in [-0.2, -0.15) is 0 Å². The minimum Gasteiger partial charge on any atom is -0.398 e. The Morgan fingerprint density at radius 1 is 1.30 bits per heavy atom. The van der Waals surface area contributed by atoms with E-state index in [9.17, 15) is 9.18 Å². The number of benzene rings is 2. The number of carbonyl (C=O) groups excluding carboxylic acids is 1. The van der Waals surface area contributed by atoms with Crippen molar-refractivity contribution in [2.75, 3.05) is 17.2 Å². The number of hydrogen-bond donors (Lipinski definition) is 1. The molecule has 20 heavy (non-hydrogen) atoms. The maximum absolute atomic E-state index is 13.8. The van der Waals surface area contributed by atoms with Crippen LogP contribution in [0, 0.1) is 5.82 Å². The Morgan fingerprint density at radius 3 is 2.60 bits per heavy atom. The topological polar surface area (TPSA) is 46.3 Å². The summed E-state index contributed by atoms with van der Waals surface area (Å²) >= 11 is 5.91. The molecule has 2 aromatic carbocycles. The van der Waals surface area contributed by atoms with Crippen LogP contribution in [-0.2, 0) is 0 Å². The number of para-hydroxylation sites is 1. The molecule has 0 aromatic heterocycles. The van der Waals surface area contributed by atoms with E-state index < -0.39 is 5.82 Å². The van der Waals surface area contributed by atoms with Crippen LogP contribution in [-0.4, -0.2) is 12.5 Å². The lowest BCUT2D eigenvalue weighted by molar-refractivity contribution is 0.0987. The molecular formula is C15H14ClFN2O. The summed E-state index contributed by atoms with van der Waals surface area (Å²) in [5.41, 5.74) is 6.63. The van der Waals surface area contributed by atoms with Crippen molar-refractivity contribution >= 4 is 28.9 Å². The van der Waals surface area contributed by atoms with E-state index in [2.05, 4.69) is 0 Å². The SMILES string of the molecule is CCN(C(=O)c1ccc(N)c(Cl)c1)c1ccccc1F. The van der Waals surface area contributed by atoms with Crippen LogP contribution in [0.1, 0.15) is 17.3 Å². The van der Waals surface area contributed by atoms with Crippen LogP contribution in [0.25, 0.3) is 0 Å². The first-order valence-corrected chi connectivity index (χ1v) is 6.53. The number of amides is 1. The predicted octanol–water partition coefficient (Wildman–Crippen LogP) is 3.73. The highest BCUT2D eigenvalue weighted by Crippen LogP contribution is 2.24. The largest absolute Gasteiger partial charge is 0.398 e. The number of carbonyl (C=O) groups is 1. The third kappa shape index (κ3) is 2.75. The fourth-order valence-corrected chi connectivity index (χ4v) is 2.09. The van der Waals surface area contributed by atoms with Crippen LogP contribution < -0.4 is 10.6 Å². The Balaban J connectivity index is 2.39. The Labute approximate surface area is 121 Å². The second kappa shape index (κ2) is 5.92. The van der Waals surface area contributed by atoms with Gasteiger partial charge >= 0.3 is 0 Å². The molecule has 0 aliphatic rings. The fraction of sp³-hybridized carbons (Fsp3) is 0.133. The second-order valence-electron chi connectivity index (χ2n) is 4.24. The summed E-state index contributed by atoms with van der Waals surface area (Å²) in [6.07, 6.45) is 0. The maximum atomic E-state index is 13.8. The second-order valence-corrected chi connectivity index (χ2v) is 4.64. The molecule has 0 spiro atoms. The molecular weight excluding hydrogens is 279 g/mol. The molecule has 2 aromatic rings. The van der Waals surface area contributed by atoms with Gasteiger partial charge in [0.25, 0.3) is 5.91 Å². The van der Waals surface area contributed by atoms with Gasteiger partial charge in [0, 0.05) is 12.1 Å². The standard InChI is InChI=1S/C15H14ClFN2O/c1-2-19(14-6-4-3-5-12(14)17)15(20)10-7-8-13(18)11(16)9-10/h3-9H,2,18H2,1H3. The van der Waals surface area contributed by atoms with Crippen LogP contribution >= 0.6 is 11.6 Å². The molecule has 0 saturated carbocycles. The van der Waals surface area contributed by atoms with Crippen molar-refractivity contribution in [2.24, 2.45) is 0 Å². The van der Waals surface area contributed by atoms with Gasteiger partial charge in [-0.05, 0) is 37.3 Å². The first kappa shape index (κ1) is 14.3. The highest BCUT2D eigenvalue weighted by atomic mass is 35.5. The van der Waals surface area contributed by atoms with E-state index in [-0.39, 0.29) is 11.6 Å². The quantitative estimate of drug-likeness (QED) is 0.876. The number of anilines is 2. The molecule has 0 aliphatic carbocycles. The molecule has 3 nitrogen and oxygen atoms in total. The van der Waals surface area contributed by atoms with Gasteiger partial charge in [0.1, 0.15) is 5.82 Å². The number of rotatable bonds is 3. The summed E-state index contributed by atoms with van der Waals surface area (Å²) < 4.78 is 13.8. The van der Waals surface area contributed by atoms with Crippen molar-refractivity contribution in [1.29, 1.82) is 0 Å². The van der Waals surface area contributed by atoms with Crippen molar-refractivity contribution in [3.63, 3.8) is 0 Å². The summed E-state index contributed by atoms with van der Waals surface area (Å²) in [4.78, 5) is 13.8. The van der Waals surface area contributed by atoms with Crippen molar-refractivity contribution in [2.45, 2.75) is 6.92 Å². The van der Waals surface area contributed by atoms with Gasteiger partial charge in [-0.15, -0.1) is 0 Å². The normalized spacial score (nSPS) is 10.3. The number of nitrogens with two attached hydrogens (primary N) is 1. The molecule has 0 aliphatic heterocycles. The summed E-state index contributed by atoms with van der Waals surface area (Å²) in [7, 11) is 0. The lowest BCUT2D eigenvalue weighted by Gasteiger charge is -2.21. The van der Waals surface area contributed by atoms with Crippen LogP contribution in [0.3, 0.4) is 0 Å². The third-order valence-electron chi connectivity index (χ3n) is 2.95. The van der Waals surface area contributed by atoms with Crippen molar-refractivity contribution in [1.82, 2.24) is 0 Å². The zero-order chi connectivity index (χ0) is 14.7. The fourth-order valence-electron chi connectivity index (χ4n) is 1.91. The molecule has 0 heterocycles. The van der Waals surface area contributed by atoms with Crippen LogP contribution in [0.4, 0.5) is 15.8 Å². The average molecular weight is 293 g/mol. The van der Waals surface area contributed by atoms with Gasteiger partial charge in [-0.1, -0.05) is 23.7 Å². The van der Waals surface area contributed by atoms with Crippen molar-refractivity contribution < 1.29 is 9.18 Å². The Morgan fingerprint density at radius 2 is 2.00 bits per heavy atom. The van der Waals surface area contributed by atoms with Crippen LogP contribution in [0.15, 0.2) is 42.5 Å². The minimum atomic E-state index is -0.441. The lowest BCUT2D eigenvalue weighted by Crippen LogP contribution is -2.31. The van der Waals surface area contributed by atoms with Gasteiger partial charge in [-0.3, -0.25) is 4.79 Å². The molecule has 2 rings (SSSR count). The monoisotopic (exact) mass is 292 g/mol. The smallest absolute Gasteiger partial charge is 0.258 e. The number of nitrogen functional groups attached to an aromatic ring is 1. The minimum absolute atomic E-state index is 0.243. The molecule has 0 bridgehead atoms. The van der Waals surface area contributed by atoms with Gasteiger partial charge in [-0.25, -0.2) is 4.39 Å². The summed E-state index contributed by atoms with van der Waals surface area (Å²) in [6, 6.07) is 10.8. The molecule has 0 unspecified atom stereocenters. The lowest BCUT2D eigenvalue weighted by atomic mass is 10.1. The number of hydrogen-bond acceptors (Lipinski definition) is 2. The predicted molar refractivity (Wildman–Crippen MR) is 79.6 cm³/mol. The molecule has 2 N–H and O–H groups in total. The molecule has 1 amide bonds. The van der Waals surface area contributed by atoms with E-state index in [0.717, 1.165) is 0 Å².